The standard InChI is InChI=1S/C11H12F3N3OS.C3H8.2C2H6/c1-15-9-7-3-6(4-11(12,13)14)19-10(7)17-8(16-9)5-18-2;1-3-2;2*1-2/h3H,4-5H2,1-2H3,(H,15,16,17);3H2,1-2H3;2*1-2H3. The molecule has 8 heteroatoms. The van der Waals surface area contributed by atoms with Gasteiger partial charge in [0.1, 0.15) is 17.3 Å². The van der Waals surface area contributed by atoms with Gasteiger partial charge in [-0.2, -0.15) is 13.2 Å². The molecule has 0 radical (unpaired) electrons. The van der Waals surface area contributed by atoms with Gasteiger partial charge in [0.2, 0.25) is 0 Å². The molecule has 0 atom stereocenters. The number of ether oxygens (including phenoxy) is 1. The van der Waals surface area contributed by atoms with Gasteiger partial charge in [0.25, 0.3) is 0 Å². The van der Waals surface area contributed by atoms with E-state index in [2.05, 4.69) is 29.1 Å². The monoisotopic (exact) mass is 395 g/mol. The first kappa shape index (κ1) is 26.8. The number of hydrogen-bond donors (Lipinski definition) is 1. The van der Waals surface area contributed by atoms with E-state index in [1.165, 1.54) is 19.6 Å². The fourth-order valence-electron chi connectivity index (χ4n) is 1.68. The van der Waals surface area contributed by atoms with E-state index in [0.717, 1.165) is 11.3 Å². The van der Waals surface area contributed by atoms with Crippen molar-refractivity contribution in [3.8, 4) is 0 Å². The summed E-state index contributed by atoms with van der Waals surface area (Å²) in [6.45, 7) is 12.5. The average molecular weight is 396 g/mol. The van der Waals surface area contributed by atoms with Crippen molar-refractivity contribution < 1.29 is 17.9 Å². The Morgan fingerprint density at radius 1 is 1.12 bits per heavy atom. The van der Waals surface area contributed by atoms with E-state index in [0.29, 0.717) is 21.9 Å². The van der Waals surface area contributed by atoms with Gasteiger partial charge >= 0.3 is 6.18 Å². The molecule has 0 saturated heterocycles. The van der Waals surface area contributed by atoms with Crippen LogP contribution in [0.25, 0.3) is 10.2 Å². The molecule has 0 saturated carbocycles. The fraction of sp³-hybridized carbons (Fsp3) is 0.667. The smallest absolute Gasteiger partial charge is 0.377 e. The minimum Gasteiger partial charge on any atom is -0.377 e. The highest BCUT2D eigenvalue weighted by Gasteiger charge is 2.29. The topological polar surface area (TPSA) is 47.0 Å². The van der Waals surface area contributed by atoms with E-state index in [4.69, 9.17) is 4.74 Å². The van der Waals surface area contributed by atoms with Crippen molar-refractivity contribution in [3.63, 3.8) is 0 Å². The minimum absolute atomic E-state index is 0.219. The van der Waals surface area contributed by atoms with Crippen LogP contribution in [-0.2, 0) is 17.8 Å². The molecular weight excluding hydrogens is 363 g/mol. The molecule has 0 aliphatic carbocycles. The normalized spacial score (nSPS) is 9.96. The molecule has 0 spiro atoms. The van der Waals surface area contributed by atoms with Crippen LogP contribution in [-0.4, -0.2) is 30.3 Å². The van der Waals surface area contributed by atoms with Gasteiger partial charge in [0.15, 0.2) is 5.82 Å². The number of halogens is 3. The van der Waals surface area contributed by atoms with Crippen molar-refractivity contribution in [2.24, 2.45) is 0 Å². The molecular formula is C18H32F3N3OS. The highest BCUT2D eigenvalue weighted by atomic mass is 32.1. The lowest BCUT2D eigenvalue weighted by atomic mass is 10.3. The van der Waals surface area contributed by atoms with Crippen molar-refractivity contribution in [1.29, 1.82) is 0 Å². The molecule has 0 fully saturated rings. The van der Waals surface area contributed by atoms with Gasteiger partial charge in [0, 0.05) is 19.0 Å². The van der Waals surface area contributed by atoms with Gasteiger partial charge in [-0.05, 0) is 6.07 Å². The zero-order valence-corrected chi connectivity index (χ0v) is 17.9. The maximum atomic E-state index is 12.4. The van der Waals surface area contributed by atoms with Crippen LogP contribution in [0.2, 0.25) is 0 Å². The fourth-order valence-corrected chi connectivity index (χ4v) is 2.76. The summed E-state index contributed by atoms with van der Waals surface area (Å²) in [6, 6.07) is 1.48. The second kappa shape index (κ2) is 14.7. The predicted molar refractivity (Wildman–Crippen MR) is 106 cm³/mol. The lowest BCUT2D eigenvalue weighted by Crippen LogP contribution is -2.09. The van der Waals surface area contributed by atoms with Gasteiger partial charge in [-0.3, -0.25) is 0 Å². The van der Waals surface area contributed by atoms with Crippen LogP contribution in [0, 0.1) is 0 Å². The van der Waals surface area contributed by atoms with E-state index >= 15 is 0 Å². The molecule has 2 rings (SSSR count). The summed E-state index contributed by atoms with van der Waals surface area (Å²) in [5.74, 6) is 0.960. The maximum Gasteiger partial charge on any atom is 0.393 e. The Labute approximate surface area is 159 Å². The van der Waals surface area contributed by atoms with Crippen LogP contribution in [0.15, 0.2) is 6.07 Å². The number of anilines is 1. The second-order valence-corrected chi connectivity index (χ2v) is 5.72. The number of nitrogens with one attached hydrogen (secondary N) is 1. The first-order valence-corrected chi connectivity index (χ1v) is 9.69. The third kappa shape index (κ3) is 9.91. The summed E-state index contributed by atoms with van der Waals surface area (Å²) in [6.07, 6.45) is -3.92. The Morgan fingerprint density at radius 3 is 2.08 bits per heavy atom. The highest BCUT2D eigenvalue weighted by Crippen LogP contribution is 2.32. The van der Waals surface area contributed by atoms with Gasteiger partial charge in [0.05, 0.1) is 11.8 Å². The molecule has 2 aromatic rings. The van der Waals surface area contributed by atoms with Crippen LogP contribution in [0.5, 0.6) is 0 Å². The Hall–Kier alpha value is -1.41. The van der Waals surface area contributed by atoms with Gasteiger partial charge in [-0.1, -0.05) is 48.0 Å². The number of hydrogen-bond acceptors (Lipinski definition) is 5. The highest BCUT2D eigenvalue weighted by molar-refractivity contribution is 7.18. The van der Waals surface area contributed by atoms with Gasteiger partial charge in [-0.15, -0.1) is 11.3 Å². The molecule has 2 heterocycles. The third-order valence-electron chi connectivity index (χ3n) is 2.38. The number of fused-ring (bicyclic) bond motifs is 1. The maximum absolute atomic E-state index is 12.4. The molecule has 1 N–H and O–H groups in total. The summed E-state index contributed by atoms with van der Waals surface area (Å²) >= 11 is 1.03. The first-order chi connectivity index (χ1) is 12.3. The zero-order chi connectivity index (χ0) is 20.8. The van der Waals surface area contributed by atoms with Crippen LogP contribution < -0.4 is 5.32 Å². The quantitative estimate of drug-likeness (QED) is 0.646. The third-order valence-corrected chi connectivity index (χ3v) is 3.40. The SMILES string of the molecule is CC.CC.CCC.CNc1nc(COC)nc2sc(CC(F)(F)F)cc12. The lowest BCUT2D eigenvalue weighted by Gasteiger charge is -2.03. The van der Waals surface area contributed by atoms with Crippen molar-refractivity contribution >= 4 is 27.4 Å². The van der Waals surface area contributed by atoms with Gasteiger partial charge in [-0.25, -0.2) is 9.97 Å². The average Bonchev–Trinajstić information content (AvgIpc) is 2.99. The Morgan fingerprint density at radius 2 is 1.65 bits per heavy atom. The molecule has 0 bridgehead atoms. The number of aromatic nitrogens is 2. The summed E-state index contributed by atoms with van der Waals surface area (Å²) in [5.41, 5.74) is 0. The molecule has 0 amide bonds. The number of rotatable bonds is 4. The summed E-state index contributed by atoms with van der Waals surface area (Å²) in [5, 5.41) is 3.47. The zero-order valence-electron chi connectivity index (χ0n) is 17.0. The Kier molecular flexibility index (Phi) is 15.2. The van der Waals surface area contributed by atoms with Crippen LogP contribution in [0.1, 0.15) is 58.7 Å². The van der Waals surface area contributed by atoms with E-state index < -0.39 is 12.6 Å². The minimum atomic E-state index is -4.22. The van der Waals surface area contributed by atoms with Gasteiger partial charge < -0.3 is 10.1 Å². The lowest BCUT2D eigenvalue weighted by molar-refractivity contribution is -0.126. The molecule has 2 aromatic heterocycles. The molecule has 0 aromatic carbocycles. The summed E-state index contributed by atoms with van der Waals surface area (Å²) in [4.78, 5) is 9.15. The molecule has 0 aliphatic heterocycles. The number of thiophene rings is 1. The van der Waals surface area contributed by atoms with E-state index in [9.17, 15) is 13.2 Å². The molecule has 152 valence electrons. The molecule has 4 nitrogen and oxygen atoms in total. The van der Waals surface area contributed by atoms with Crippen LogP contribution in [0.4, 0.5) is 19.0 Å². The number of nitrogens with zero attached hydrogens (tertiary/aromatic N) is 2. The van der Waals surface area contributed by atoms with E-state index in [1.807, 2.05) is 27.7 Å². The van der Waals surface area contributed by atoms with Crippen molar-refractivity contribution in [2.75, 3.05) is 19.5 Å². The van der Waals surface area contributed by atoms with E-state index in [-0.39, 0.29) is 11.5 Å². The first-order valence-electron chi connectivity index (χ1n) is 8.87. The largest absolute Gasteiger partial charge is 0.393 e. The number of methoxy groups -OCH3 is 1. The van der Waals surface area contributed by atoms with Crippen molar-refractivity contribution in [2.45, 2.75) is 67.2 Å². The number of alkyl halides is 3. The summed E-state index contributed by atoms with van der Waals surface area (Å²) in [7, 11) is 3.18. The Bertz CT molecular complexity index is 601. The molecule has 0 aliphatic rings. The molecule has 0 unspecified atom stereocenters. The predicted octanol–water partition coefficient (Wildman–Crippen LogP) is 6.45. The molecule has 26 heavy (non-hydrogen) atoms. The van der Waals surface area contributed by atoms with Crippen molar-refractivity contribution in [3.05, 3.63) is 16.8 Å². The second-order valence-electron chi connectivity index (χ2n) is 4.60. The van der Waals surface area contributed by atoms with E-state index in [1.54, 1.807) is 7.05 Å². The Balaban J connectivity index is 0. The van der Waals surface area contributed by atoms with Crippen LogP contribution >= 0.6 is 11.3 Å². The van der Waals surface area contributed by atoms with Crippen molar-refractivity contribution in [1.82, 2.24) is 9.97 Å². The summed E-state index contributed by atoms with van der Waals surface area (Å²) < 4.78 is 42.1. The van der Waals surface area contributed by atoms with Crippen LogP contribution in [0.3, 0.4) is 0 Å².